The summed E-state index contributed by atoms with van der Waals surface area (Å²) in [6.45, 7) is 7.15. The van der Waals surface area contributed by atoms with Crippen LogP contribution in [-0.2, 0) is 16.0 Å². The Balaban J connectivity index is 1.72. The zero-order valence-corrected chi connectivity index (χ0v) is 14.6. The maximum absolute atomic E-state index is 12.3. The number of benzene rings is 1. The van der Waals surface area contributed by atoms with E-state index in [4.69, 9.17) is 5.73 Å². The zero-order chi connectivity index (χ0) is 17.5. The van der Waals surface area contributed by atoms with Crippen molar-refractivity contribution in [2.24, 2.45) is 0 Å². The molecule has 1 saturated heterocycles. The first kappa shape index (κ1) is 18.3. The van der Waals surface area contributed by atoms with Gasteiger partial charge in [0.15, 0.2) is 0 Å². The summed E-state index contributed by atoms with van der Waals surface area (Å²) in [6, 6.07) is 7.83. The van der Waals surface area contributed by atoms with Crippen LogP contribution in [0, 0.1) is 0 Å². The van der Waals surface area contributed by atoms with Crippen LogP contribution >= 0.6 is 0 Å². The monoisotopic (exact) mass is 332 g/mol. The highest BCUT2D eigenvalue weighted by molar-refractivity contribution is 5.78. The molecule has 0 aliphatic carbocycles. The molecule has 0 unspecified atom stereocenters. The highest BCUT2D eigenvalue weighted by Crippen LogP contribution is 2.14. The largest absolute Gasteiger partial charge is 0.399 e. The second-order valence-corrected chi connectivity index (χ2v) is 6.58. The van der Waals surface area contributed by atoms with Crippen molar-refractivity contribution in [3.63, 3.8) is 0 Å². The fourth-order valence-corrected chi connectivity index (χ4v) is 2.89. The van der Waals surface area contributed by atoms with Crippen molar-refractivity contribution in [3.05, 3.63) is 29.8 Å². The van der Waals surface area contributed by atoms with E-state index < -0.39 is 0 Å². The van der Waals surface area contributed by atoms with Gasteiger partial charge in [-0.1, -0.05) is 18.2 Å². The molecule has 0 radical (unpaired) electrons. The lowest BCUT2D eigenvalue weighted by Gasteiger charge is -2.34. The maximum atomic E-state index is 12.3. The number of para-hydroxylation sites is 1. The molecule has 132 valence electrons. The van der Waals surface area contributed by atoms with Gasteiger partial charge >= 0.3 is 0 Å². The van der Waals surface area contributed by atoms with E-state index in [-0.39, 0.29) is 17.9 Å². The van der Waals surface area contributed by atoms with E-state index in [9.17, 15) is 9.59 Å². The van der Waals surface area contributed by atoms with Gasteiger partial charge in [0.05, 0.1) is 6.54 Å². The van der Waals surface area contributed by atoms with Gasteiger partial charge in [-0.05, 0) is 31.9 Å². The minimum absolute atomic E-state index is 0.0457. The second kappa shape index (κ2) is 8.68. The molecule has 0 bridgehead atoms. The molecule has 2 rings (SSSR count). The third-order valence-electron chi connectivity index (χ3n) is 4.21. The summed E-state index contributed by atoms with van der Waals surface area (Å²) >= 11 is 0. The molecule has 0 atom stereocenters. The van der Waals surface area contributed by atoms with Crippen LogP contribution in [-0.4, -0.2) is 60.4 Å². The molecule has 1 aliphatic heterocycles. The van der Waals surface area contributed by atoms with Crippen molar-refractivity contribution in [2.45, 2.75) is 32.7 Å². The molecule has 1 aromatic carbocycles. The SMILES string of the molecule is CC(C)NC(=O)CN1CCN(C(=O)CCc2ccccc2N)CC1. The number of aryl methyl sites for hydroxylation is 1. The molecule has 1 aromatic rings. The highest BCUT2D eigenvalue weighted by atomic mass is 16.2. The number of nitrogen functional groups attached to an aromatic ring is 1. The number of rotatable bonds is 6. The Kier molecular flexibility index (Phi) is 6.61. The summed E-state index contributed by atoms with van der Waals surface area (Å²) in [6.07, 6.45) is 1.14. The molecule has 1 heterocycles. The fourth-order valence-electron chi connectivity index (χ4n) is 2.89. The summed E-state index contributed by atoms with van der Waals surface area (Å²) < 4.78 is 0. The van der Waals surface area contributed by atoms with Gasteiger partial charge in [0.1, 0.15) is 0 Å². The second-order valence-electron chi connectivity index (χ2n) is 6.58. The molecule has 24 heavy (non-hydrogen) atoms. The van der Waals surface area contributed by atoms with Crippen LogP contribution in [0.3, 0.4) is 0 Å². The molecule has 6 heteroatoms. The Hall–Kier alpha value is -2.08. The first-order valence-electron chi connectivity index (χ1n) is 8.58. The molecular formula is C18H28N4O2. The van der Waals surface area contributed by atoms with Crippen LogP contribution < -0.4 is 11.1 Å². The van der Waals surface area contributed by atoms with Gasteiger partial charge in [-0.2, -0.15) is 0 Å². The number of nitrogens with zero attached hydrogens (tertiary/aromatic N) is 2. The zero-order valence-electron chi connectivity index (χ0n) is 14.6. The Bertz CT molecular complexity index is 566. The quantitative estimate of drug-likeness (QED) is 0.758. The smallest absolute Gasteiger partial charge is 0.234 e. The van der Waals surface area contributed by atoms with Crippen molar-refractivity contribution >= 4 is 17.5 Å². The van der Waals surface area contributed by atoms with Gasteiger partial charge in [0.2, 0.25) is 11.8 Å². The summed E-state index contributed by atoms with van der Waals surface area (Å²) in [4.78, 5) is 28.1. The number of anilines is 1. The third-order valence-corrected chi connectivity index (χ3v) is 4.21. The normalized spacial score (nSPS) is 15.5. The molecule has 0 aromatic heterocycles. The number of nitrogens with one attached hydrogen (secondary N) is 1. The van der Waals surface area contributed by atoms with Crippen molar-refractivity contribution in [1.29, 1.82) is 0 Å². The average Bonchev–Trinajstić information content (AvgIpc) is 2.53. The lowest BCUT2D eigenvalue weighted by Crippen LogP contribution is -2.51. The molecule has 3 N–H and O–H groups in total. The Morgan fingerprint density at radius 3 is 2.46 bits per heavy atom. The van der Waals surface area contributed by atoms with Gasteiger partial charge in [0.25, 0.3) is 0 Å². The summed E-state index contributed by atoms with van der Waals surface area (Å²) in [5.41, 5.74) is 7.68. The number of hydrogen-bond acceptors (Lipinski definition) is 4. The van der Waals surface area contributed by atoms with Crippen LogP contribution in [0.1, 0.15) is 25.8 Å². The van der Waals surface area contributed by atoms with Crippen LogP contribution in [0.25, 0.3) is 0 Å². The predicted octanol–water partition coefficient (Wildman–Crippen LogP) is 0.870. The lowest BCUT2D eigenvalue weighted by atomic mass is 10.1. The van der Waals surface area contributed by atoms with Crippen molar-refractivity contribution in [3.8, 4) is 0 Å². The molecule has 1 aliphatic rings. The summed E-state index contributed by atoms with van der Waals surface area (Å²) in [5, 5.41) is 2.89. The first-order valence-corrected chi connectivity index (χ1v) is 8.58. The van der Waals surface area contributed by atoms with Crippen LogP contribution in [0.4, 0.5) is 5.69 Å². The Morgan fingerprint density at radius 1 is 1.17 bits per heavy atom. The molecule has 1 fully saturated rings. The van der Waals surface area contributed by atoms with Gasteiger partial charge in [-0.3, -0.25) is 14.5 Å². The minimum atomic E-state index is 0.0457. The van der Waals surface area contributed by atoms with Gasteiger partial charge in [0, 0.05) is 44.3 Å². The van der Waals surface area contributed by atoms with Gasteiger partial charge in [-0.15, -0.1) is 0 Å². The van der Waals surface area contributed by atoms with Crippen molar-refractivity contribution in [1.82, 2.24) is 15.1 Å². The van der Waals surface area contributed by atoms with E-state index in [1.54, 1.807) is 0 Å². The van der Waals surface area contributed by atoms with E-state index in [0.717, 1.165) is 24.3 Å². The molecule has 0 spiro atoms. The summed E-state index contributed by atoms with van der Waals surface area (Å²) in [7, 11) is 0. The third kappa shape index (κ3) is 5.53. The van der Waals surface area contributed by atoms with Crippen LogP contribution in [0.2, 0.25) is 0 Å². The van der Waals surface area contributed by atoms with E-state index >= 15 is 0 Å². The molecule has 6 nitrogen and oxygen atoms in total. The van der Waals surface area contributed by atoms with Crippen LogP contribution in [0.15, 0.2) is 24.3 Å². The number of amides is 2. The number of carbonyl (C=O) groups is 2. The number of hydrogen-bond donors (Lipinski definition) is 2. The number of carbonyl (C=O) groups excluding carboxylic acids is 2. The average molecular weight is 332 g/mol. The van der Waals surface area contributed by atoms with E-state index in [1.165, 1.54) is 0 Å². The number of nitrogens with two attached hydrogens (primary N) is 1. The van der Waals surface area contributed by atoms with E-state index in [0.29, 0.717) is 32.5 Å². The fraction of sp³-hybridized carbons (Fsp3) is 0.556. The van der Waals surface area contributed by atoms with Gasteiger partial charge in [-0.25, -0.2) is 0 Å². The van der Waals surface area contributed by atoms with Crippen LogP contribution in [0.5, 0.6) is 0 Å². The molecular weight excluding hydrogens is 304 g/mol. The Morgan fingerprint density at radius 2 is 1.83 bits per heavy atom. The standard InChI is InChI=1S/C18H28N4O2/c1-14(2)20-17(23)13-21-9-11-22(12-10-21)18(24)8-7-15-5-3-4-6-16(15)19/h3-6,14H,7-13,19H2,1-2H3,(H,20,23). The predicted molar refractivity (Wildman–Crippen MR) is 95.5 cm³/mol. The first-order chi connectivity index (χ1) is 11.5. The molecule has 2 amide bonds. The van der Waals surface area contributed by atoms with Crippen molar-refractivity contribution < 1.29 is 9.59 Å². The van der Waals surface area contributed by atoms with Crippen molar-refractivity contribution in [2.75, 3.05) is 38.5 Å². The van der Waals surface area contributed by atoms with E-state index in [2.05, 4.69) is 10.2 Å². The topological polar surface area (TPSA) is 78.7 Å². The number of piperazine rings is 1. The Labute approximate surface area is 144 Å². The van der Waals surface area contributed by atoms with E-state index in [1.807, 2.05) is 43.0 Å². The molecule has 0 saturated carbocycles. The summed E-state index contributed by atoms with van der Waals surface area (Å²) in [5.74, 6) is 0.203. The van der Waals surface area contributed by atoms with Gasteiger partial charge < -0.3 is 16.0 Å². The highest BCUT2D eigenvalue weighted by Gasteiger charge is 2.22. The lowest BCUT2D eigenvalue weighted by molar-refractivity contribution is -0.133. The maximum Gasteiger partial charge on any atom is 0.234 e. The minimum Gasteiger partial charge on any atom is -0.399 e.